The zero-order valence-electron chi connectivity index (χ0n) is 22.0. The molecule has 42 heavy (non-hydrogen) atoms. The van der Waals surface area contributed by atoms with Crippen LogP contribution in [0, 0.1) is 5.92 Å². The van der Waals surface area contributed by atoms with E-state index in [0.29, 0.717) is 31.9 Å². The number of anilines is 1. The van der Waals surface area contributed by atoms with Crippen molar-refractivity contribution < 1.29 is 9.59 Å². The number of aromatic nitrogens is 1. The van der Waals surface area contributed by atoms with Crippen LogP contribution >= 0.6 is 58.0 Å². The summed E-state index contributed by atoms with van der Waals surface area (Å²) in [5, 5.41) is 5.04. The molecule has 1 saturated carbocycles. The number of carbonyl (C=O) groups is 2. The van der Waals surface area contributed by atoms with Crippen molar-refractivity contribution in [2.75, 3.05) is 5.32 Å². The first-order valence-corrected chi connectivity index (χ1v) is 15.1. The predicted molar refractivity (Wildman–Crippen MR) is 173 cm³/mol. The van der Waals surface area contributed by atoms with Crippen molar-refractivity contribution in [1.29, 1.82) is 0 Å². The van der Waals surface area contributed by atoms with Gasteiger partial charge in [-0.2, -0.15) is 0 Å². The van der Waals surface area contributed by atoms with Gasteiger partial charge in [-0.25, -0.2) is 0 Å². The Morgan fingerprint density at radius 3 is 2.29 bits per heavy atom. The minimum Gasteiger partial charge on any atom is -0.343 e. The molecular formula is C33H23Cl5N2O2. The normalized spacial score (nSPS) is 17.3. The lowest BCUT2D eigenvalue weighted by atomic mass is 10.0. The van der Waals surface area contributed by atoms with Gasteiger partial charge in [0, 0.05) is 51.9 Å². The minimum absolute atomic E-state index is 0.156. The van der Waals surface area contributed by atoms with Crippen LogP contribution in [0.15, 0.2) is 97.2 Å². The van der Waals surface area contributed by atoms with E-state index >= 15 is 0 Å². The number of nitrogens with zero attached hydrogens (tertiary/aromatic N) is 1. The molecule has 0 saturated heterocycles. The van der Waals surface area contributed by atoms with Crippen molar-refractivity contribution in [3.8, 4) is 0 Å². The van der Waals surface area contributed by atoms with E-state index in [4.69, 9.17) is 58.0 Å². The zero-order valence-corrected chi connectivity index (χ0v) is 25.7. The number of amides is 1. The number of benzene rings is 4. The number of hydrogen-bond acceptors (Lipinski definition) is 2. The van der Waals surface area contributed by atoms with Crippen molar-refractivity contribution in [3.05, 3.63) is 135 Å². The highest BCUT2D eigenvalue weighted by molar-refractivity contribution is 6.53. The van der Waals surface area contributed by atoms with E-state index in [-0.39, 0.29) is 18.1 Å². The largest absolute Gasteiger partial charge is 0.343 e. The Bertz CT molecular complexity index is 1810. The van der Waals surface area contributed by atoms with Crippen LogP contribution in [0.5, 0.6) is 0 Å². The van der Waals surface area contributed by atoms with Gasteiger partial charge in [-0.15, -0.1) is 23.2 Å². The third-order valence-corrected chi connectivity index (χ3v) is 9.22. The maximum absolute atomic E-state index is 13.3. The maximum Gasteiger partial charge on any atom is 0.231 e. The zero-order chi connectivity index (χ0) is 29.6. The van der Waals surface area contributed by atoms with Gasteiger partial charge in [-0.05, 0) is 76.7 Å². The summed E-state index contributed by atoms with van der Waals surface area (Å²) in [5.74, 6) is -1.76. The summed E-state index contributed by atoms with van der Waals surface area (Å²) in [6.45, 7) is 0.764. The Labute approximate surface area is 268 Å². The first kappa shape index (κ1) is 29.1. The Kier molecular flexibility index (Phi) is 8.03. The van der Waals surface area contributed by atoms with Gasteiger partial charge in [-0.1, -0.05) is 71.2 Å². The summed E-state index contributed by atoms with van der Waals surface area (Å²) >= 11 is 31.7. The monoisotopic (exact) mass is 654 g/mol. The topological polar surface area (TPSA) is 51.1 Å². The Morgan fingerprint density at radius 2 is 1.55 bits per heavy atom. The summed E-state index contributed by atoms with van der Waals surface area (Å²) < 4.78 is 0.864. The van der Waals surface area contributed by atoms with Crippen LogP contribution in [0.3, 0.4) is 0 Å². The fraction of sp³-hybridized carbons (Fsp3) is 0.152. The summed E-state index contributed by atoms with van der Waals surface area (Å²) in [6, 6.07) is 28.1. The van der Waals surface area contributed by atoms with E-state index in [9.17, 15) is 9.59 Å². The van der Waals surface area contributed by atoms with Crippen molar-refractivity contribution in [2.45, 2.75) is 23.2 Å². The number of ketones is 1. The first-order chi connectivity index (χ1) is 20.1. The number of halogens is 5. The number of carbonyl (C=O) groups excluding carboxylic acids is 2. The van der Waals surface area contributed by atoms with Gasteiger partial charge in [0.25, 0.3) is 0 Å². The fourth-order valence-electron chi connectivity index (χ4n) is 5.42. The molecule has 2 unspecified atom stereocenters. The third kappa shape index (κ3) is 5.92. The van der Waals surface area contributed by atoms with Crippen LogP contribution in [0.1, 0.15) is 33.0 Å². The average molecular weight is 657 g/mol. The molecule has 0 aliphatic heterocycles. The quantitative estimate of drug-likeness (QED) is 0.134. The van der Waals surface area contributed by atoms with Crippen molar-refractivity contribution in [1.82, 2.24) is 4.57 Å². The third-order valence-electron chi connectivity index (χ3n) is 7.51. The molecule has 1 aliphatic rings. The van der Waals surface area contributed by atoms with Gasteiger partial charge in [-0.3, -0.25) is 9.59 Å². The summed E-state index contributed by atoms with van der Waals surface area (Å²) in [4.78, 5) is 26.5. The molecule has 2 atom stereocenters. The molecule has 4 nitrogen and oxygen atoms in total. The van der Waals surface area contributed by atoms with Crippen LogP contribution in [0.2, 0.25) is 15.1 Å². The fourth-order valence-corrected chi connectivity index (χ4v) is 7.01. The second-order valence-electron chi connectivity index (χ2n) is 10.4. The van der Waals surface area contributed by atoms with Crippen molar-refractivity contribution in [2.24, 2.45) is 5.92 Å². The maximum atomic E-state index is 13.3. The summed E-state index contributed by atoms with van der Waals surface area (Å²) in [6.07, 6.45) is 2.21. The van der Waals surface area contributed by atoms with E-state index in [1.807, 2.05) is 48.7 Å². The van der Waals surface area contributed by atoms with Crippen LogP contribution in [-0.2, 0) is 17.8 Å². The number of Topliss-reactive ketones (excluding diaryl/α,β-unsaturated/α-hetero) is 1. The van der Waals surface area contributed by atoms with Gasteiger partial charge < -0.3 is 9.88 Å². The van der Waals surface area contributed by atoms with Crippen molar-refractivity contribution in [3.63, 3.8) is 0 Å². The standard InChI is InChI=1S/C33H23Cl5N2O2/c34-23-14-22(15-24(35)16-23)30-31(33(30,37)38)32(42)39-25-7-8-27(36)26(17-25)29(41)13-20-6-9-28-21(12-20)10-11-40(28)18-19-4-2-1-3-5-19/h1-12,14-17,30-31H,13,18H2,(H,39,42). The minimum atomic E-state index is -1.32. The SMILES string of the molecule is O=C(Cc1ccc2c(ccn2Cc2ccccc2)c1)c1cc(NC(=O)C2C(c3cc(Cl)cc(Cl)c3)C2(Cl)Cl)ccc1Cl. The van der Waals surface area contributed by atoms with Gasteiger partial charge in [0.15, 0.2) is 5.78 Å². The lowest BCUT2D eigenvalue weighted by molar-refractivity contribution is -0.117. The molecule has 1 aliphatic carbocycles. The molecule has 1 amide bonds. The van der Waals surface area contributed by atoms with E-state index in [1.165, 1.54) is 5.56 Å². The molecule has 1 aromatic heterocycles. The average Bonchev–Trinajstić information content (AvgIpc) is 3.32. The van der Waals surface area contributed by atoms with Crippen molar-refractivity contribution >= 4 is 86.3 Å². The molecule has 9 heteroatoms. The summed E-state index contributed by atoms with van der Waals surface area (Å²) in [7, 11) is 0. The molecule has 1 N–H and O–H groups in total. The molecule has 0 bridgehead atoms. The van der Waals surface area contributed by atoms with E-state index in [1.54, 1.807) is 36.4 Å². The lowest BCUT2D eigenvalue weighted by Crippen LogP contribution is -2.17. The van der Waals surface area contributed by atoms with Gasteiger partial charge in [0.05, 0.1) is 10.9 Å². The number of hydrogen-bond donors (Lipinski definition) is 1. The van der Waals surface area contributed by atoms with E-state index < -0.39 is 16.2 Å². The number of rotatable bonds is 8. The van der Waals surface area contributed by atoms with Crippen LogP contribution < -0.4 is 5.32 Å². The molecule has 0 radical (unpaired) electrons. The molecule has 1 heterocycles. The van der Waals surface area contributed by atoms with Crippen LogP contribution in [0.4, 0.5) is 5.69 Å². The molecule has 212 valence electrons. The molecular weight excluding hydrogens is 634 g/mol. The lowest BCUT2D eigenvalue weighted by Gasteiger charge is -2.10. The number of alkyl halides is 2. The van der Waals surface area contributed by atoms with Crippen LogP contribution in [0.25, 0.3) is 10.9 Å². The van der Waals surface area contributed by atoms with Gasteiger partial charge in [0.1, 0.15) is 4.33 Å². The predicted octanol–water partition coefficient (Wildman–Crippen LogP) is 9.60. The molecule has 1 fully saturated rings. The van der Waals surface area contributed by atoms with E-state index in [2.05, 4.69) is 22.0 Å². The Morgan fingerprint density at radius 1 is 0.810 bits per heavy atom. The van der Waals surface area contributed by atoms with Gasteiger partial charge >= 0.3 is 0 Å². The van der Waals surface area contributed by atoms with Gasteiger partial charge in [0.2, 0.25) is 5.91 Å². The highest BCUT2D eigenvalue weighted by Crippen LogP contribution is 2.65. The highest BCUT2D eigenvalue weighted by atomic mass is 35.5. The second kappa shape index (κ2) is 11.6. The second-order valence-corrected chi connectivity index (χ2v) is 13.2. The van der Waals surface area contributed by atoms with E-state index in [0.717, 1.165) is 23.0 Å². The Balaban J connectivity index is 1.16. The molecule has 6 rings (SSSR count). The Hall–Kier alpha value is -2.99. The molecule has 0 spiro atoms. The first-order valence-electron chi connectivity index (χ1n) is 13.2. The number of nitrogens with one attached hydrogen (secondary N) is 1. The smallest absolute Gasteiger partial charge is 0.231 e. The molecule has 4 aromatic carbocycles. The number of fused-ring (bicyclic) bond motifs is 1. The summed E-state index contributed by atoms with van der Waals surface area (Å²) in [5.41, 5.74) is 4.58. The van der Waals surface area contributed by atoms with Crippen LogP contribution in [-0.4, -0.2) is 20.6 Å². The highest BCUT2D eigenvalue weighted by Gasteiger charge is 2.67. The molecule has 5 aromatic rings.